The third-order valence-corrected chi connectivity index (χ3v) is 13.9. The van der Waals surface area contributed by atoms with Gasteiger partial charge < -0.3 is 4.90 Å². The number of hydrogen-bond acceptors (Lipinski definition) is 2. The van der Waals surface area contributed by atoms with E-state index in [1.807, 2.05) is 0 Å². The van der Waals surface area contributed by atoms with E-state index in [4.69, 9.17) is 4.98 Å². The third kappa shape index (κ3) is 8.95. The van der Waals surface area contributed by atoms with Crippen LogP contribution < -0.4 is 4.90 Å². The van der Waals surface area contributed by atoms with Gasteiger partial charge in [-0.15, -0.1) is 0 Å². The minimum absolute atomic E-state index is 0.975. The molecule has 0 radical (unpaired) electrons. The van der Waals surface area contributed by atoms with E-state index in [1.165, 1.54) is 93.5 Å². The molecule has 0 aliphatic heterocycles. The molecular formula is C67H56N2. The largest absolute Gasteiger partial charge is 0.311 e. The van der Waals surface area contributed by atoms with Gasteiger partial charge in [-0.3, -0.25) is 0 Å². The summed E-state index contributed by atoms with van der Waals surface area (Å²) in [4.78, 5) is 7.88. The summed E-state index contributed by atoms with van der Waals surface area (Å²) in [5, 5.41) is 6.16. The number of benzene rings is 10. The van der Waals surface area contributed by atoms with Crippen molar-refractivity contribution >= 4 is 49.5 Å². The van der Waals surface area contributed by atoms with Crippen molar-refractivity contribution in [1.82, 2.24) is 4.98 Å². The van der Waals surface area contributed by atoms with Gasteiger partial charge in [-0.25, -0.2) is 4.98 Å². The SMILES string of the molecule is CCCCCCCCc1ccc(-c2cc(-c3ccc(N(c4ccccc4)c4ccccc4)cc3)c3cccc(-c4ccc(-c5c6ccccc6c(-c6ccccc6)c6ccccc56)cc4)c3n2)cc1. The summed E-state index contributed by atoms with van der Waals surface area (Å²) in [6.45, 7) is 2.28. The smallest absolute Gasteiger partial charge is 0.0794 e. The summed E-state index contributed by atoms with van der Waals surface area (Å²) in [6.07, 6.45) is 8.93. The number of aromatic nitrogens is 1. The Hall–Kier alpha value is -8.07. The first-order valence-electron chi connectivity index (χ1n) is 24.9. The Kier molecular flexibility index (Phi) is 12.6. The number of para-hydroxylation sites is 3. The van der Waals surface area contributed by atoms with Crippen molar-refractivity contribution in [3.63, 3.8) is 0 Å². The van der Waals surface area contributed by atoms with Crippen LogP contribution in [0.2, 0.25) is 0 Å². The van der Waals surface area contributed by atoms with Gasteiger partial charge in [0.25, 0.3) is 0 Å². The molecule has 0 aliphatic carbocycles. The van der Waals surface area contributed by atoms with Crippen molar-refractivity contribution in [2.75, 3.05) is 4.90 Å². The fourth-order valence-corrected chi connectivity index (χ4v) is 10.4. The molecule has 0 atom stereocenters. The number of anilines is 3. The van der Waals surface area contributed by atoms with Crippen LogP contribution in [-0.4, -0.2) is 4.98 Å². The van der Waals surface area contributed by atoms with Crippen LogP contribution in [0.1, 0.15) is 51.0 Å². The molecule has 0 bridgehead atoms. The van der Waals surface area contributed by atoms with Crippen molar-refractivity contribution in [2.24, 2.45) is 0 Å². The van der Waals surface area contributed by atoms with Gasteiger partial charge in [-0.1, -0.05) is 233 Å². The molecule has 334 valence electrons. The van der Waals surface area contributed by atoms with Crippen LogP contribution in [-0.2, 0) is 6.42 Å². The van der Waals surface area contributed by atoms with Crippen LogP contribution in [0, 0.1) is 0 Å². The molecule has 2 heteroatoms. The zero-order chi connectivity index (χ0) is 46.4. The second-order valence-electron chi connectivity index (χ2n) is 18.3. The van der Waals surface area contributed by atoms with Crippen molar-refractivity contribution in [2.45, 2.75) is 51.9 Å². The van der Waals surface area contributed by atoms with Crippen molar-refractivity contribution in [1.29, 1.82) is 0 Å². The fraction of sp³-hybridized carbons (Fsp3) is 0.119. The van der Waals surface area contributed by atoms with Gasteiger partial charge in [0.2, 0.25) is 0 Å². The van der Waals surface area contributed by atoms with E-state index in [0.29, 0.717) is 0 Å². The maximum atomic E-state index is 5.56. The second-order valence-corrected chi connectivity index (χ2v) is 18.3. The summed E-state index contributed by atoms with van der Waals surface area (Å²) in [5.74, 6) is 0. The Morgan fingerprint density at radius 1 is 0.333 bits per heavy atom. The quantitative estimate of drug-likeness (QED) is 0.0753. The van der Waals surface area contributed by atoms with Crippen LogP contribution in [0.5, 0.6) is 0 Å². The molecule has 1 heterocycles. The Balaban J connectivity index is 1.01. The van der Waals surface area contributed by atoms with Gasteiger partial charge in [-0.05, 0) is 121 Å². The minimum Gasteiger partial charge on any atom is -0.311 e. The van der Waals surface area contributed by atoms with Crippen molar-refractivity contribution in [3.8, 4) is 55.8 Å². The molecule has 0 saturated carbocycles. The average molecular weight is 889 g/mol. The van der Waals surface area contributed by atoms with Crippen LogP contribution >= 0.6 is 0 Å². The number of rotatable bonds is 15. The molecule has 0 amide bonds. The molecule has 11 aromatic rings. The Bertz CT molecular complexity index is 3390. The molecule has 0 saturated heterocycles. The number of aryl methyl sites for hydroxylation is 1. The fourth-order valence-electron chi connectivity index (χ4n) is 10.4. The van der Waals surface area contributed by atoms with Gasteiger partial charge in [0.1, 0.15) is 0 Å². The highest BCUT2D eigenvalue weighted by molar-refractivity contribution is 6.21. The number of unbranched alkanes of at least 4 members (excludes halogenated alkanes) is 5. The summed E-state index contributed by atoms with van der Waals surface area (Å²) >= 11 is 0. The van der Waals surface area contributed by atoms with E-state index >= 15 is 0 Å². The second kappa shape index (κ2) is 20.0. The molecule has 11 rings (SSSR count). The molecule has 10 aromatic carbocycles. The average Bonchev–Trinajstić information content (AvgIpc) is 3.42. The predicted molar refractivity (Wildman–Crippen MR) is 296 cm³/mol. The summed E-state index contributed by atoms with van der Waals surface area (Å²) < 4.78 is 0. The lowest BCUT2D eigenvalue weighted by atomic mass is 9.85. The zero-order valence-electron chi connectivity index (χ0n) is 39.4. The zero-order valence-corrected chi connectivity index (χ0v) is 39.4. The first-order valence-corrected chi connectivity index (χ1v) is 24.9. The molecule has 0 spiro atoms. The number of fused-ring (bicyclic) bond motifs is 3. The Morgan fingerprint density at radius 2 is 0.768 bits per heavy atom. The molecular weight excluding hydrogens is 833 g/mol. The van der Waals surface area contributed by atoms with E-state index < -0.39 is 0 Å². The van der Waals surface area contributed by atoms with Gasteiger partial charge in [0, 0.05) is 33.6 Å². The lowest BCUT2D eigenvalue weighted by Crippen LogP contribution is -2.09. The first-order chi connectivity index (χ1) is 34.2. The number of pyridine rings is 1. The van der Waals surface area contributed by atoms with Gasteiger partial charge in [0.15, 0.2) is 0 Å². The third-order valence-electron chi connectivity index (χ3n) is 13.9. The molecule has 0 N–H and O–H groups in total. The molecule has 69 heavy (non-hydrogen) atoms. The predicted octanol–water partition coefficient (Wildman–Crippen LogP) is 19.2. The van der Waals surface area contributed by atoms with E-state index in [0.717, 1.165) is 62.3 Å². The Labute approximate surface area is 407 Å². The van der Waals surface area contributed by atoms with E-state index in [9.17, 15) is 0 Å². The van der Waals surface area contributed by atoms with Gasteiger partial charge >= 0.3 is 0 Å². The number of nitrogens with zero attached hydrogens (tertiary/aromatic N) is 2. The standard InChI is InChI=1S/C67H56N2/c1-2-3-4-5-6-10-22-48-35-37-51(38-36-48)64-47-63(50-43-45-56(46-44-50)69(54-25-13-8-14-26-54)55-27-15-9-16-28-55)62-34-21-33-57(67(62)68-64)49-39-41-53(42-40-49)66-60-31-19-17-29-58(60)65(52-23-11-7-12-24-52)59-30-18-20-32-61(59)66/h7-9,11-21,23-47H,2-6,10,22H2,1H3. The van der Waals surface area contributed by atoms with E-state index in [-0.39, 0.29) is 0 Å². The molecule has 0 aliphatic rings. The highest BCUT2D eigenvalue weighted by atomic mass is 15.1. The van der Waals surface area contributed by atoms with Crippen LogP contribution in [0.25, 0.3) is 88.2 Å². The van der Waals surface area contributed by atoms with E-state index in [1.54, 1.807) is 0 Å². The molecule has 1 aromatic heterocycles. The lowest BCUT2D eigenvalue weighted by molar-refractivity contribution is 0.607. The molecule has 0 unspecified atom stereocenters. The highest BCUT2D eigenvalue weighted by Gasteiger charge is 2.19. The van der Waals surface area contributed by atoms with Crippen molar-refractivity contribution in [3.05, 3.63) is 242 Å². The monoisotopic (exact) mass is 888 g/mol. The van der Waals surface area contributed by atoms with Crippen LogP contribution in [0.15, 0.2) is 237 Å². The van der Waals surface area contributed by atoms with Crippen LogP contribution in [0.4, 0.5) is 17.1 Å². The lowest BCUT2D eigenvalue weighted by Gasteiger charge is -2.25. The topological polar surface area (TPSA) is 16.1 Å². The normalized spacial score (nSPS) is 11.4. The van der Waals surface area contributed by atoms with Gasteiger partial charge in [-0.2, -0.15) is 0 Å². The summed E-state index contributed by atoms with van der Waals surface area (Å²) in [7, 11) is 0. The van der Waals surface area contributed by atoms with Crippen LogP contribution in [0.3, 0.4) is 0 Å². The first kappa shape index (κ1) is 43.5. The van der Waals surface area contributed by atoms with Crippen molar-refractivity contribution < 1.29 is 0 Å². The maximum Gasteiger partial charge on any atom is 0.0794 e. The number of hydrogen-bond donors (Lipinski definition) is 0. The minimum atomic E-state index is 0.975. The maximum absolute atomic E-state index is 5.56. The molecule has 2 nitrogen and oxygen atoms in total. The summed E-state index contributed by atoms with van der Waals surface area (Å²) in [5.41, 5.74) is 17.4. The Morgan fingerprint density at radius 3 is 1.35 bits per heavy atom. The summed E-state index contributed by atoms with van der Waals surface area (Å²) in [6, 6.07) is 86.2. The van der Waals surface area contributed by atoms with Gasteiger partial charge in [0.05, 0.1) is 11.2 Å². The van der Waals surface area contributed by atoms with E-state index in [2.05, 4.69) is 248 Å². The molecule has 0 fully saturated rings. The highest BCUT2D eigenvalue weighted by Crippen LogP contribution is 2.45.